The number of aryl methyl sites for hydroxylation is 1. The number of rotatable bonds is 5. The maximum Gasteiger partial charge on any atom is 0.151 e. The predicted octanol–water partition coefficient (Wildman–Crippen LogP) is 4.66. The van der Waals surface area contributed by atoms with Crippen molar-refractivity contribution in [1.29, 1.82) is 0 Å². The van der Waals surface area contributed by atoms with Crippen LogP contribution < -0.4 is 0 Å². The highest BCUT2D eigenvalue weighted by atomic mass is 32.1. The van der Waals surface area contributed by atoms with Gasteiger partial charge in [0.25, 0.3) is 0 Å². The first-order chi connectivity index (χ1) is 12.7. The van der Waals surface area contributed by atoms with Crippen LogP contribution in [0.2, 0.25) is 0 Å². The Morgan fingerprint density at radius 3 is 2.69 bits per heavy atom. The van der Waals surface area contributed by atoms with E-state index in [9.17, 15) is 5.11 Å². The molecule has 1 saturated heterocycles. The fraction of sp³-hybridized carbons (Fsp3) is 0.381. The number of nitrogens with zero attached hydrogens (tertiary/aromatic N) is 2. The molecule has 0 saturated carbocycles. The minimum Gasteiger partial charge on any atom is -0.387 e. The molecule has 4 nitrogen and oxygen atoms in total. The molecule has 4 rings (SSSR count). The second-order valence-electron chi connectivity index (χ2n) is 7.12. The highest BCUT2D eigenvalue weighted by Crippen LogP contribution is 2.33. The monoisotopic (exact) mass is 368 g/mol. The number of aliphatic hydroxyl groups is 1. The highest BCUT2D eigenvalue weighted by molar-refractivity contribution is 7.10. The summed E-state index contributed by atoms with van der Waals surface area (Å²) in [5, 5.41) is 16.8. The van der Waals surface area contributed by atoms with E-state index >= 15 is 0 Å². The molecule has 0 bridgehead atoms. The lowest BCUT2D eigenvalue weighted by Gasteiger charge is -2.33. The standard InChI is InChI=1S/C21H24N2O2S/c1-15-4-6-16(7-5-15)19-13-18(25-22-19)14-23-10-8-17(9-11-23)21(24)20-3-2-12-26-20/h2-7,12-13,17,21,24H,8-11,14H2,1H3. The zero-order chi connectivity index (χ0) is 17.9. The Bertz CT molecular complexity index is 818. The zero-order valence-electron chi connectivity index (χ0n) is 15.0. The number of aliphatic hydroxyl groups excluding tert-OH is 1. The van der Waals surface area contributed by atoms with E-state index < -0.39 is 0 Å². The normalized spacial score (nSPS) is 17.5. The molecule has 1 atom stereocenters. The van der Waals surface area contributed by atoms with Crippen LogP contribution in [0, 0.1) is 12.8 Å². The Kier molecular flexibility index (Phi) is 5.20. The molecular formula is C21H24N2O2S. The number of hydrogen-bond acceptors (Lipinski definition) is 5. The first kappa shape index (κ1) is 17.5. The Balaban J connectivity index is 1.33. The average Bonchev–Trinajstić information content (AvgIpc) is 3.35. The van der Waals surface area contributed by atoms with Gasteiger partial charge in [-0.15, -0.1) is 11.3 Å². The fourth-order valence-electron chi connectivity index (χ4n) is 3.59. The molecule has 0 radical (unpaired) electrons. The van der Waals surface area contributed by atoms with Crippen LogP contribution in [0.25, 0.3) is 11.3 Å². The van der Waals surface area contributed by atoms with Crippen molar-refractivity contribution < 1.29 is 9.63 Å². The molecule has 1 aromatic carbocycles. The number of likely N-dealkylation sites (tertiary alicyclic amines) is 1. The molecule has 1 aliphatic rings. The lowest BCUT2D eigenvalue weighted by molar-refractivity contribution is 0.0565. The second kappa shape index (κ2) is 7.74. The van der Waals surface area contributed by atoms with E-state index in [0.717, 1.165) is 54.4 Å². The number of thiophene rings is 1. The summed E-state index contributed by atoms with van der Waals surface area (Å²) in [7, 11) is 0. The molecule has 3 aromatic rings. The van der Waals surface area contributed by atoms with Crippen LogP contribution in [0.1, 0.15) is 35.1 Å². The van der Waals surface area contributed by atoms with Gasteiger partial charge in [0.1, 0.15) is 5.69 Å². The van der Waals surface area contributed by atoms with E-state index in [1.807, 2.05) is 23.6 Å². The van der Waals surface area contributed by atoms with Gasteiger partial charge < -0.3 is 9.63 Å². The Morgan fingerprint density at radius 1 is 1.23 bits per heavy atom. The summed E-state index contributed by atoms with van der Waals surface area (Å²) in [6.07, 6.45) is 1.70. The number of piperidine rings is 1. The third-order valence-corrected chi connectivity index (χ3v) is 6.14. The number of benzene rings is 1. The van der Waals surface area contributed by atoms with E-state index in [1.165, 1.54) is 5.56 Å². The maximum absolute atomic E-state index is 10.5. The molecule has 1 fully saturated rings. The number of aromatic nitrogens is 1. The molecule has 1 aliphatic heterocycles. The fourth-order valence-corrected chi connectivity index (χ4v) is 4.39. The molecule has 0 spiro atoms. The van der Waals surface area contributed by atoms with Crippen molar-refractivity contribution >= 4 is 11.3 Å². The van der Waals surface area contributed by atoms with Crippen molar-refractivity contribution in [2.75, 3.05) is 13.1 Å². The first-order valence-corrected chi connectivity index (χ1v) is 10.0. The summed E-state index contributed by atoms with van der Waals surface area (Å²) in [6.45, 7) is 4.82. The van der Waals surface area contributed by atoms with Gasteiger partial charge in [-0.25, -0.2) is 0 Å². The van der Waals surface area contributed by atoms with Crippen molar-refractivity contribution in [2.45, 2.75) is 32.4 Å². The SMILES string of the molecule is Cc1ccc(-c2cc(CN3CCC(C(O)c4cccs4)CC3)on2)cc1. The van der Waals surface area contributed by atoms with Gasteiger partial charge in [0.15, 0.2) is 5.76 Å². The van der Waals surface area contributed by atoms with Crippen molar-refractivity contribution in [2.24, 2.45) is 5.92 Å². The van der Waals surface area contributed by atoms with Crippen molar-refractivity contribution in [3.05, 3.63) is 64.0 Å². The lowest BCUT2D eigenvalue weighted by atomic mass is 9.90. The Labute approximate surface area is 158 Å². The van der Waals surface area contributed by atoms with Crippen LogP contribution in [-0.2, 0) is 6.54 Å². The summed E-state index contributed by atoms with van der Waals surface area (Å²) >= 11 is 1.64. The summed E-state index contributed by atoms with van der Waals surface area (Å²) in [5.41, 5.74) is 3.22. The topological polar surface area (TPSA) is 49.5 Å². The molecule has 3 heterocycles. The van der Waals surface area contributed by atoms with Crippen LogP contribution in [0.3, 0.4) is 0 Å². The second-order valence-corrected chi connectivity index (χ2v) is 8.10. The van der Waals surface area contributed by atoms with E-state index in [0.29, 0.717) is 5.92 Å². The van der Waals surface area contributed by atoms with Gasteiger partial charge in [-0.2, -0.15) is 0 Å². The zero-order valence-corrected chi connectivity index (χ0v) is 15.8. The van der Waals surface area contributed by atoms with Crippen LogP contribution in [0.5, 0.6) is 0 Å². The first-order valence-electron chi connectivity index (χ1n) is 9.15. The minimum atomic E-state index is -0.324. The quantitative estimate of drug-likeness (QED) is 0.712. The Morgan fingerprint density at radius 2 is 2.00 bits per heavy atom. The molecule has 26 heavy (non-hydrogen) atoms. The van der Waals surface area contributed by atoms with Gasteiger partial charge in [0.05, 0.1) is 12.6 Å². The molecule has 5 heteroatoms. The molecule has 2 aromatic heterocycles. The van der Waals surface area contributed by atoms with Crippen LogP contribution in [0.4, 0.5) is 0 Å². The van der Waals surface area contributed by atoms with Crippen LogP contribution in [0.15, 0.2) is 52.4 Å². The summed E-state index contributed by atoms with van der Waals surface area (Å²) in [4.78, 5) is 3.47. The van der Waals surface area contributed by atoms with Crippen LogP contribution in [-0.4, -0.2) is 28.3 Å². The third-order valence-electron chi connectivity index (χ3n) is 5.20. The van der Waals surface area contributed by atoms with Gasteiger partial charge in [-0.05, 0) is 50.2 Å². The smallest absolute Gasteiger partial charge is 0.151 e. The molecule has 136 valence electrons. The molecule has 1 unspecified atom stereocenters. The van der Waals surface area contributed by atoms with Crippen molar-refractivity contribution in [1.82, 2.24) is 10.1 Å². The van der Waals surface area contributed by atoms with Crippen molar-refractivity contribution in [3.8, 4) is 11.3 Å². The van der Waals surface area contributed by atoms with Gasteiger partial charge in [-0.1, -0.05) is 41.1 Å². The molecular weight excluding hydrogens is 344 g/mol. The average molecular weight is 369 g/mol. The van der Waals surface area contributed by atoms with Crippen LogP contribution >= 0.6 is 11.3 Å². The van der Waals surface area contributed by atoms with E-state index in [1.54, 1.807) is 11.3 Å². The van der Waals surface area contributed by atoms with Gasteiger partial charge in [0, 0.05) is 16.5 Å². The lowest BCUT2D eigenvalue weighted by Crippen LogP contribution is -2.35. The maximum atomic E-state index is 10.5. The van der Waals surface area contributed by atoms with Gasteiger partial charge >= 0.3 is 0 Å². The molecule has 0 aliphatic carbocycles. The summed E-state index contributed by atoms with van der Waals surface area (Å²) in [6, 6.07) is 14.4. The Hall–Kier alpha value is -1.95. The molecule has 0 amide bonds. The van der Waals surface area contributed by atoms with Gasteiger partial charge in [-0.3, -0.25) is 4.90 Å². The minimum absolute atomic E-state index is 0.324. The highest BCUT2D eigenvalue weighted by Gasteiger charge is 2.27. The predicted molar refractivity (Wildman–Crippen MR) is 104 cm³/mol. The van der Waals surface area contributed by atoms with E-state index in [4.69, 9.17) is 4.52 Å². The van der Waals surface area contributed by atoms with E-state index in [-0.39, 0.29) is 6.10 Å². The van der Waals surface area contributed by atoms with Gasteiger partial charge in [0.2, 0.25) is 0 Å². The molecule has 1 N–H and O–H groups in total. The summed E-state index contributed by atoms with van der Waals surface area (Å²) < 4.78 is 5.55. The van der Waals surface area contributed by atoms with Crippen molar-refractivity contribution in [3.63, 3.8) is 0 Å². The summed E-state index contributed by atoms with van der Waals surface area (Å²) in [5.74, 6) is 1.25. The third kappa shape index (κ3) is 3.90. The van der Waals surface area contributed by atoms with E-state index in [2.05, 4.69) is 41.2 Å². The number of hydrogen-bond donors (Lipinski definition) is 1. The largest absolute Gasteiger partial charge is 0.387 e.